The lowest BCUT2D eigenvalue weighted by molar-refractivity contribution is 0.405. The van der Waals surface area contributed by atoms with Crippen LogP contribution in [0.4, 0.5) is 0 Å². The van der Waals surface area contributed by atoms with Crippen molar-refractivity contribution in [2.75, 3.05) is 0 Å². The van der Waals surface area contributed by atoms with Crippen LogP contribution in [0.25, 0.3) is 0 Å². The van der Waals surface area contributed by atoms with Gasteiger partial charge in [0.15, 0.2) is 0 Å². The summed E-state index contributed by atoms with van der Waals surface area (Å²) in [6.45, 7) is 1.90. The van der Waals surface area contributed by atoms with Crippen LogP contribution in [0, 0.1) is 23.7 Å². The van der Waals surface area contributed by atoms with Crippen molar-refractivity contribution >= 4 is 11.6 Å². The summed E-state index contributed by atoms with van der Waals surface area (Å²) in [4.78, 5) is 0. The number of rotatable bonds is 2. The van der Waals surface area contributed by atoms with Gasteiger partial charge in [0.05, 0.1) is 27.9 Å². The summed E-state index contributed by atoms with van der Waals surface area (Å²) >= 11 is 6.33. The number of hydrogen-bond donors (Lipinski definition) is 0. The molecule has 0 spiro atoms. The summed E-state index contributed by atoms with van der Waals surface area (Å²) in [5.41, 5.74) is 3.95. The molecule has 4 heteroatoms. The van der Waals surface area contributed by atoms with Crippen LogP contribution in [-0.4, -0.2) is 9.78 Å². The maximum absolute atomic E-state index is 9.72. The monoisotopic (exact) mass is 285 g/mol. The summed E-state index contributed by atoms with van der Waals surface area (Å²) in [5.74, 6) is 0. The van der Waals surface area contributed by atoms with Crippen LogP contribution >= 0.6 is 11.6 Å². The van der Waals surface area contributed by atoms with Gasteiger partial charge in [-0.15, -0.1) is 0 Å². The largest absolute Gasteiger partial charge is 0.271 e. The molecule has 1 aromatic carbocycles. The fourth-order valence-electron chi connectivity index (χ4n) is 3.13. The highest BCUT2D eigenvalue weighted by atomic mass is 35.5. The predicted molar refractivity (Wildman–Crippen MR) is 78.6 cm³/mol. The van der Waals surface area contributed by atoms with Crippen molar-refractivity contribution in [3.05, 3.63) is 51.8 Å². The van der Waals surface area contributed by atoms with Crippen molar-refractivity contribution in [2.45, 2.75) is 26.2 Å². The normalized spacial score (nSPS) is 15.9. The predicted octanol–water partition coefficient (Wildman–Crippen LogP) is 3.23. The Morgan fingerprint density at radius 1 is 1.35 bits per heavy atom. The molecule has 0 amide bonds. The zero-order valence-electron chi connectivity index (χ0n) is 11.7. The van der Waals surface area contributed by atoms with Gasteiger partial charge in [0.25, 0.3) is 0 Å². The van der Waals surface area contributed by atoms with Gasteiger partial charge in [-0.1, -0.05) is 35.9 Å². The minimum absolute atomic E-state index is 0.395. The Balaban J connectivity index is 1.96. The van der Waals surface area contributed by atoms with E-state index in [1.54, 1.807) is 4.68 Å². The first-order chi connectivity index (χ1) is 9.54. The number of hydrogen-bond acceptors (Lipinski definition) is 2. The molecule has 2 aromatic rings. The highest BCUT2D eigenvalue weighted by molar-refractivity contribution is 6.31. The van der Waals surface area contributed by atoms with Crippen LogP contribution in [0.1, 0.15) is 22.5 Å². The van der Waals surface area contributed by atoms with E-state index in [0.29, 0.717) is 11.4 Å². The highest BCUT2D eigenvalue weighted by Gasteiger charge is 2.39. The van der Waals surface area contributed by atoms with Gasteiger partial charge in [0.2, 0.25) is 0 Å². The molecule has 0 atom stereocenters. The smallest absolute Gasteiger partial charge is 0.0847 e. The third-order valence-electron chi connectivity index (χ3n) is 4.18. The van der Waals surface area contributed by atoms with Gasteiger partial charge >= 0.3 is 0 Å². The molecule has 0 N–H and O–H groups in total. The number of halogens is 1. The van der Waals surface area contributed by atoms with E-state index in [0.717, 1.165) is 24.2 Å². The fraction of sp³-hybridized carbons (Fsp3) is 0.375. The number of nitriles is 1. The minimum atomic E-state index is -0.395. The summed E-state index contributed by atoms with van der Waals surface area (Å²) < 4.78 is 1.81. The van der Waals surface area contributed by atoms with E-state index in [2.05, 4.69) is 23.3 Å². The molecule has 3 rings (SSSR count). The molecule has 0 aliphatic heterocycles. The zero-order valence-corrected chi connectivity index (χ0v) is 12.4. The number of aromatic nitrogens is 2. The molecule has 0 fully saturated rings. The van der Waals surface area contributed by atoms with Gasteiger partial charge in [-0.3, -0.25) is 4.68 Å². The van der Waals surface area contributed by atoms with E-state index in [9.17, 15) is 5.26 Å². The van der Waals surface area contributed by atoms with Gasteiger partial charge in [-0.2, -0.15) is 10.4 Å². The second-order valence-corrected chi connectivity index (χ2v) is 6.04. The Morgan fingerprint density at radius 3 is 2.40 bits per heavy atom. The second-order valence-electron chi connectivity index (χ2n) is 5.66. The lowest BCUT2D eigenvalue weighted by atomic mass is 9.81. The van der Waals surface area contributed by atoms with Crippen molar-refractivity contribution in [1.29, 1.82) is 5.26 Å². The molecule has 20 heavy (non-hydrogen) atoms. The van der Waals surface area contributed by atoms with E-state index >= 15 is 0 Å². The summed E-state index contributed by atoms with van der Waals surface area (Å²) in [6.07, 6.45) is 2.23. The van der Waals surface area contributed by atoms with Gasteiger partial charge in [0, 0.05) is 13.5 Å². The van der Waals surface area contributed by atoms with E-state index < -0.39 is 5.41 Å². The molecule has 3 nitrogen and oxygen atoms in total. The van der Waals surface area contributed by atoms with E-state index in [-0.39, 0.29) is 0 Å². The second kappa shape index (κ2) is 4.64. The molecule has 0 saturated heterocycles. The first kappa shape index (κ1) is 13.2. The molecule has 1 aromatic heterocycles. The van der Waals surface area contributed by atoms with Crippen LogP contribution in [-0.2, 0) is 26.3 Å². The number of benzene rings is 1. The van der Waals surface area contributed by atoms with Crippen LogP contribution < -0.4 is 0 Å². The Kier molecular flexibility index (Phi) is 3.07. The molecule has 1 aliphatic rings. The Hall–Kier alpha value is -1.79. The number of fused-ring (bicyclic) bond motifs is 1. The van der Waals surface area contributed by atoms with Gasteiger partial charge < -0.3 is 0 Å². The van der Waals surface area contributed by atoms with Crippen LogP contribution in [0.15, 0.2) is 24.3 Å². The average molecular weight is 286 g/mol. The summed E-state index contributed by atoms with van der Waals surface area (Å²) in [5, 5.41) is 14.8. The Labute approximate surface area is 123 Å². The molecule has 0 radical (unpaired) electrons. The van der Waals surface area contributed by atoms with E-state index in [1.807, 2.05) is 26.1 Å². The molecule has 0 saturated carbocycles. The van der Waals surface area contributed by atoms with Crippen molar-refractivity contribution in [1.82, 2.24) is 9.78 Å². The maximum Gasteiger partial charge on any atom is 0.0847 e. The van der Waals surface area contributed by atoms with Gasteiger partial charge in [-0.05, 0) is 30.9 Å². The Morgan fingerprint density at radius 2 is 1.95 bits per heavy atom. The average Bonchev–Trinajstić information content (AvgIpc) is 2.92. The lowest BCUT2D eigenvalue weighted by Crippen LogP contribution is -2.24. The Bertz CT molecular complexity index is 684. The zero-order chi connectivity index (χ0) is 14.3. The molecule has 102 valence electrons. The van der Waals surface area contributed by atoms with Gasteiger partial charge in [-0.25, -0.2) is 0 Å². The van der Waals surface area contributed by atoms with Crippen LogP contribution in [0.5, 0.6) is 0 Å². The molecular weight excluding hydrogens is 270 g/mol. The van der Waals surface area contributed by atoms with Crippen molar-refractivity contribution in [3.8, 4) is 6.07 Å². The summed E-state index contributed by atoms with van der Waals surface area (Å²) in [7, 11) is 1.89. The molecule has 1 heterocycles. The highest BCUT2D eigenvalue weighted by Crippen LogP contribution is 2.40. The topological polar surface area (TPSA) is 41.6 Å². The molecule has 0 unspecified atom stereocenters. The lowest BCUT2D eigenvalue weighted by Gasteiger charge is -2.20. The van der Waals surface area contributed by atoms with E-state index in [4.69, 9.17) is 11.6 Å². The van der Waals surface area contributed by atoms with Crippen molar-refractivity contribution in [3.63, 3.8) is 0 Å². The van der Waals surface area contributed by atoms with Gasteiger partial charge in [0.1, 0.15) is 0 Å². The van der Waals surface area contributed by atoms with Crippen LogP contribution in [0.2, 0.25) is 5.02 Å². The maximum atomic E-state index is 9.72. The summed E-state index contributed by atoms with van der Waals surface area (Å²) in [6, 6.07) is 10.8. The third-order valence-corrected chi connectivity index (χ3v) is 4.67. The van der Waals surface area contributed by atoms with Crippen molar-refractivity contribution in [2.24, 2.45) is 12.5 Å². The van der Waals surface area contributed by atoms with Crippen molar-refractivity contribution < 1.29 is 0 Å². The van der Waals surface area contributed by atoms with Crippen LogP contribution in [0.3, 0.4) is 0 Å². The molecular formula is C16H16ClN3. The first-order valence-corrected chi connectivity index (χ1v) is 7.08. The SMILES string of the molecule is Cc1nn(C)c(CC2(C#N)Cc3ccccc3C2)c1Cl. The number of aryl methyl sites for hydroxylation is 2. The third kappa shape index (κ3) is 2.01. The number of nitrogens with zero attached hydrogens (tertiary/aromatic N) is 3. The minimum Gasteiger partial charge on any atom is -0.271 e. The quantitative estimate of drug-likeness (QED) is 0.850. The van der Waals surface area contributed by atoms with E-state index in [1.165, 1.54) is 11.1 Å². The molecule has 0 bridgehead atoms. The first-order valence-electron chi connectivity index (χ1n) is 6.71. The molecule has 1 aliphatic carbocycles. The fourth-order valence-corrected chi connectivity index (χ4v) is 3.36. The standard InChI is InChI=1S/C16H16ClN3/c1-11-15(17)14(20(2)19-11)9-16(10-18)7-12-5-3-4-6-13(12)8-16/h3-6H,7-9H2,1-2H3.